The van der Waals surface area contributed by atoms with Crippen LogP contribution in [0.15, 0.2) is 29.3 Å². The first-order valence-corrected chi connectivity index (χ1v) is 7.65. The summed E-state index contributed by atoms with van der Waals surface area (Å²) in [6.45, 7) is 5.46. The van der Waals surface area contributed by atoms with Crippen molar-refractivity contribution in [2.45, 2.75) is 45.0 Å². The van der Waals surface area contributed by atoms with Crippen LogP contribution in [0.2, 0.25) is 0 Å². The molecule has 0 bridgehead atoms. The van der Waals surface area contributed by atoms with E-state index in [1.807, 2.05) is 0 Å². The van der Waals surface area contributed by atoms with Crippen LogP contribution in [0.4, 0.5) is 10.5 Å². The molecule has 1 aromatic carbocycles. The Bertz CT molecular complexity index is 580. The fourth-order valence-electron chi connectivity index (χ4n) is 1.89. The zero-order chi connectivity index (χ0) is 17.5. The van der Waals surface area contributed by atoms with Crippen molar-refractivity contribution < 1.29 is 19.7 Å². The number of alkyl carbamates (subject to hydrolysis) is 1. The van der Waals surface area contributed by atoms with Crippen LogP contribution in [0.25, 0.3) is 0 Å². The maximum absolute atomic E-state index is 11.5. The van der Waals surface area contributed by atoms with Gasteiger partial charge in [-0.2, -0.15) is 4.99 Å². The van der Waals surface area contributed by atoms with E-state index < -0.39 is 23.9 Å². The van der Waals surface area contributed by atoms with Crippen LogP contribution in [0, 0.1) is 0 Å². The summed E-state index contributed by atoms with van der Waals surface area (Å²) >= 11 is 4.57. The molecule has 7 heteroatoms. The van der Waals surface area contributed by atoms with Gasteiger partial charge in [0, 0.05) is 12.1 Å². The number of nitrogens with zero attached hydrogens (tertiary/aromatic N) is 1. The lowest BCUT2D eigenvalue weighted by molar-refractivity contribution is 0.0126. The topological polar surface area (TPSA) is 91.2 Å². The average Bonchev–Trinajstić information content (AvgIpc) is 2.45. The van der Waals surface area contributed by atoms with E-state index in [0.29, 0.717) is 11.3 Å². The SMILES string of the molecule is CC(C)(C)OC(=O)NCCC(O)C(O)c1ccccc1N=C=S. The lowest BCUT2D eigenvalue weighted by Crippen LogP contribution is -2.34. The smallest absolute Gasteiger partial charge is 0.407 e. The number of thiocarbonyl (C=S) groups is 1. The predicted octanol–water partition coefficient (Wildman–Crippen LogP) is 2.73. The van der Waals surface area contributed by atoms with Gasteiger partial charge in [-0.25, -0.2) is 4.79 Å². The summed E-state index contributed by atoms with van der Waals surface area (Å²) in [6.07, 6.45) is -2.61. The molecule has 0 fully saturated rings. The second-order valence-corrected chi connectivity index (χ2v) is 6.17. The molecule has 2 unspecified atom stereocenters. The number of carbonyl (C=O) groups is 1. The second-order valence-electron chi connectivity index (χ2n) is 5.99. The molecule has 1 rings (SSSR count). The van der Waals surface area contributed by atoms with E-state index in [9.17, 15) is 15.0 Å². The molecule has 0 saturated heterocycles. The molecule has 0 aliphatic heterocycles. The van der Waals surface area contributed by atoms with Gasteiger partial charge in [-0.05, 0) is 45.5 Å². The summed E-state index contributed by atoms with van der Waals surface area (Å²) in [5.74, 6) is 0. The van der Waals surface area contributed by atoms with Gasteiger partial charge in [0.15, 0.2) is 0 Å². The van der Waals surface area contributed by atoms with Crippen molar-refractivity contribution in [3.8, 4) is 0 Å². The van der Waals surface area contributed by atoms with Crippen LogP contribution >= 0.6 is 12.2 Å². The van der Waals surface area contributed by atoms with Gasteiger partial charge in [0.25, 0.3) is 0 Å². The molecule has 0 saturated carbocycles. The Hall–Kier alpha value is -1.79. The Balaban J connectivity index is 2.57. The van der Waals surface area contributed by atoms with Crippen LogP contribution in [0.5, 0.6) is 0 Å². The van der Waals surface area contributed by atoms with Gasteiger partial charge in [-0.15, -0.1) is 0 Å². The van der Waals surface area contributed by atoms with Crippen LogP contribution in [0.1, 0.15) is 38.9 Å². The lowest BCUT2D eigenvalue weighted by atomic mass is 10.0. The normalized spacial score (nSPS) is 13.6. The van der Waals surface area contributed by atoms with Crippen LogP contribution in [0.3, 0.4) is 0 Å². The van der Waals surface area contributed by atoms with Crippen LogP contribution in [-0.2, 0) is 4.74 Å². The number of ether oxygens (including phenoxy) is 1. The Labute approximate surface area is 141 Å². The highest BCUT2D eigenvalue weighted by Crippen LogP contribution is 2.28. The van der Waals surface area contributed by atoms with Gasteiger partial charge < -0.3 is 20.3 Å². The summed E-state index contributed by atoms with van der Waals surface area (Å²) in [5.41, 5.74) is 0.323. The highest BCUT2D eigenvalue weighted by atomic mass is 32.1. The number of benzene rings is 1. The molecule has 2 atom stereocenters. The van der Waals surface area contributed by atoms with E-state index in [1.165, 1.54) is 0 Å². The quantitative estimate of drug-likeness (QED) is 0.548. The fraction of sp³-hybridized carbons (Fsp3) is 0.500. The van der Waals surface area contributed by atoms with Crippen LogP contribution < -0.4 is 5.32 Å². The summed E-state index contributed by atoms with van der Waals surface area (Å²) < 4.78 is 5.09. The second kappa shape index (κ2) is 8.74. The Morgan fingerprint density at radius 3 is 2.65 bits per heavy atom. The molecule has 0 aliphatic rings. The molecular formula is C16H22N2O4S. The van der Waals surface area contributed by atoms with Crippen molar-refractivity contribution >= 4 is 29.2 Å². The van der Waals surface area contributed by atoms with Gasteiger partial charge in [0.05, 0.1) is 17.0 Å². The van der Waals surface area contributed by atoms with E-state index in [4.69, 9.17) is 4.74 Å². The molecule has 0 aliphatic carbocycles. The van der Waals surface area contributed by atoms with Gasteiger partial charge in [0.1, 0.15) is 11.7 Å². The third-order valence-electron chi connectivity index (χ3n) is 2.89. The number of para-hydroxylation sites is 1. The number of amides is 1. The number of nitrogens with one attached hydrogen (secondary N) is 1. The molecule has 0 aromatic heterocycles. The number of carbonyl (C=O) groups excluding carboxylic acids is 1. The average molecular weight is 338 g/mol. The number of hydrogen-bond donors (Lipinski definition) is 3. The van der Waals surface area contributed by atoms with Gasteiger partial charge in [-0.3, -0.25) is 0 Å². The minimum absolute atomic E-state index is 0.163. The molecule has 23 heavy (non-hydrogen) atoms. The van der Waals surface area contributed by atoms with Crippen molar-refractivity contribution in [1.29, 1.82) is 0 Å². The van der Waals surface area contributed by atoms with Crippen molar-refractivity contribution in [3.05, 3.63) is 29.8 Å². The maximum Gasteiger partial charge on any atom is 0.407 e. The molecule has 0 heterocycles. The summed E-state index contributed by atoms with van der Waals surface area (Å²) in [6, 6.07) is 6.80. The number of aliphatic imine (C=N–C) groups is 1. The number of aliphatic hydroxyl groups excluding tert-OH is 2. The number of aliphatic hydroxyl groups is 2. The Morgan fingerprint density at radius 2 is 2.04 bits per heavy atom. The summed E-state index contributed by atoms with van der Waals surface area (Å²) in [5, 5.41) is 25.1. The maximum atomic E-state index is 11.5. The molecule has 0 spiro atoms. The molecular weight excluding hydrogens is 316 g/mol. The zero-order valence-corrected chi connectivity index (χ0v) is 14.3. The predicted molar refractivity (Wildman–Crippen MR) is 90.9 cm³/mol. The molecule has 1 aromatic rings. The first-order chi connectivity index (χ1) is 10.7. The number of rotatable bonds is 6. The third kappa shape index (κ3) is 6.88. The molecule has 126 valence electrons. The van der Waals surface area contributed by atoms with Crippen molar-refractivity contribution in [1.82, 2.24) is 5.32 Å². The summed E-state index contributed by atoms with van der Waals surface area (Å²) in [4.78, 5) is 15.4. The Morgan fingerprint density at radius 1 is 1.39 bits per heavy atom. The van der Waals surface area contributed by atoms with E-state index in [2.05, 4.69) is 27.7 Å². The van der Waals surface area contributed by atoms with Gasteiger partial charge in [-0.1, -0.05) is 18.2 Å². The van der Waals surface area contributed by atoms with E-state index in [1.54, 1.807) is 45.0 Å². The largest absolute Gasteiger partial charge is 0.444 e. The van der Waals surface area contributed by atoms with Gasteiger partial charge >= 0.3 is 6.09 Å². The standard InChI is InChI=1S/C16H22N2O4S/c1-16(2,3)22-15(21)17-9-8-13(19)14(20)11-6-4-5-7-12(11)18-10-23/h4-7,13-14,19-20H,8-9H2,1-3H3,(H,17,21). The van der Waals surface area contributed by atoms with Crippen molar-refractivity contribution in [2.75, 3.05) is 6.54 Å². The molecule has 0 radical (unpaired) electrons. The Kier molecular flexibility index (Phi) is 7.32. The van der Waals surface area contributed by atoms with Crippen molar-refractivity contribution in [3.63, 3.8) is 0 Å². The third-order valence-corrected chi connectivity index (χ3v) is 2.99. The fourth-order valence-corrected chi connectivity index (χ4v) is 1.99. The van der Waals surface area contributed by atoms with Crippen LogP contribution in [-0.4, -0.2) is 39.7 Å². The molecule has 3 N–H and O–H groups in total. The number of hydrogen-bond acceptors (Lipinski definition) is 6. The molecule has 1 amide bonds. The van der Waals surface area contributed by atoms with E-state index >= 15 is 0 Å². The number of isothiocyanates is 1. The first kappa shape index (κ1) is 19.3. The van der Waals surface area contributed by atoms with Gasteiger partial charge in [0.2, 0.25) is 0 Å². The molecule has 6 nitrogen and oxygen atoms in total. The minimum atomic E-state index is -1.14. The highest BCUT2D eigenvalue weighted by Gasteiger charge is 2.21. The lowest BCUT2D eigenvalue weighted by Gasteiger charge is -2.21. The zero-order valence-electron chi connectivity index (χ0n) is 13.4. The van der Waals surface area contributed by atoms with E-state index in [0.717, 1.165) is 0 Å². The highest BCUT2D eigenvalue weighted by molar-refractivity contribution is 7.78. The van der Waals surface area contributed by atoms with E-state index in [-0.39, 0.29) is 13.0 Å². The monoisotopic (exact) mass is 338 g/mol. The van der Waals surface area contributed by atoms with Crippen molar-refractivity contribution in [2.24, 2.45) is 4.99 Å². The first-order valence-electron chi connectivity index (χ1n) is 7.24. The minimum Gasteiger partial charge on any atom is -0.444 e. The summed E-state index contributed by atoms with van der Waals surface area (Å²) in [7, 11) is 0.